The summed E-state index contributed by atoms with van der Waals surface area (Å²) in [4.78, 5) is 27.4. The summed E-state index contributed by atoms with van der Waals surface area (Å²) in [5, 5.41) is 0.639. The van der Waals surface area contributed by atoms with Crippen LogP contribution >= 0.6 is 11.6 Å². The Morgan fingerprint density at radius 3 is 1.98 bits per heavy atom. The number of rotatable bonds is 7. The highest BCUT2D eigenvalue weighted by Crippen LogP contribution is 2.54. The Labute approximate surface area is 333 Å². The molecule has 0 N–H and O–H groups in total. The lowest BCUT2D eigenvalue weighted by atomic mass is 9.76. The van der Waals surface area contributed by atoms with Gasteiger partial charge in [-0.15, -0.1) is 0 Å². The van der Waals surface area contributed by atoms with E-state index >= 15 is 0 Å². The number of nitrogens with zero attached hydrogens (tertiary/aromatic N) is 5. The van der Waals surface area contributed by atoms with Crippen LogP contribution in [0.2, 0.25) is 5.02 Å². The molecule has 0 radical (unpaired) electrons. The number of pyridine rings is 1. The van der Waals surface area contributed by atoms with E-state index < -0.39 is 16.7 Å². The summed E-state index contributed by atoms with van der Waals surface area (Å²) in [5.74, 6) is 0. The lowest BCUT2D eigenvalue weighted by molar-refractivity contribution is 0.0118. The van der Waals surface area contributed by atoms with Crippen LogP contribution in [0, 0.1) is 0 Å². The second-order valence-corrected chi connectivity index (χ2v) is 16.2. The van der Waals surface area contributed by atoms with Gasteiger partial charge in [-0.1, -0.05) is 115 Å². The number of hydrogen-bond donors (Lipinski definition) is 0. The minimum Gasteiger partial charge on any atom is -0.444 e. The highest BCUT2D eigenvalue weighted by molar-refractivity contribution is 6.30. The van der Waals surface area contributed by atoms with Gasteiger partial charge in [0.05, 0.1) is 30.4 Å². The van der Waals surface area contributed by atoms with Crippen molar-refractivity contribution in [3.63, 3.8) is 0 Å². The molecular formula is C47H44ClN5O3. The van der Waals surface area contributed by atoms with E-state index in [1.165, 1.54) is 0 Å². The van der Waals surface area contributed by atoms with Gasteiger partial charge in [0.15, 0.2) is 5.60 Å². The first-order valence-corrected chi connectivity index (χ1v) is 19.6. The summed E-state index contributed by atoms with van der Waals surface area (Å²) in [6, 6.07) is 41.9. The largest absolute Gasteiger partial charge is 0.444 e. The maximum atomic E-state index is 13.0. The maximum Gasteiger partial charge on any atom is 0.410 e. The molecule has 3 aliphatic rings. The molecule has 2 atom stereocenters. The number of epoxide rings is 1. The van der Waals surface area contributed by atoms with Crippen LogP contribution in [0.5, 0.6) is 0 Å². The Bertz CT molecular complexity index is 2300. The van der Waals surface area contributed by atoms with E-state index in [1.807, 2.05) is 45.4 Å². The maximum absolute atomic E-state index is 13.0. The molecule has 1 unspecified atom stereocenters. The summed E-state index contributed by atoms with van der Waals surface area (Å²) in [6.45, 7) is 8.57. The molecule has 2 aliphatic heterocycles. The summed E-state index contributed by atoms with van der Waals surface area (Å²) < 4.78 is 14.6. The van der Waals surface area contributed by atoms with E-state index in [9.17, 15) is 4.79 Å². The molecule has 2 saturated heterocycles. The fourth-order valence-electron chi connectivity index (χ4n) is 8.57. The molecule has 6 aromatic rings. The fourth-order valence-corrected chi connectivity index (χ4v) is 8.74. The number of carbonyl (C=O) groups excluding carboxylic acids is 1. The van der Waals surface area contributed by atoms with Crippen LogP contribution in [-0.2, 0) is 20.6 Å². The number of ether oxygens (including phenoxy) is 2. The van der Waals surface area contributed by atoms with Crippen molar-refractivity contribution in [2.75, 3.05) is 32.8 Å². The lowest BCUT2D eigenvalue weighted by Gasteiger charge is -2.40. The summed E-state index contributed by atoms with van der Waals surface area (Å²) in [7, 11) is 0. The molecule has 0 spiro atoms. The highest BCUT2D eigenvalue weighted by atomic mass is 35.5. The van der Waals surface area contributed by atoms with Crippen molar-refractivity contribution < 1.29 is 14.3 Å². The third-order valence-corrected chi connectivity index (χ3v) is 11.4. The Hall–Kier alpha value is -5.54. The fraction of sp³-hybridized carbons (Fsp3) is 0.255. The minimum absolute atomic E-state index is 0.178. The van der Waals surface area contributed by atoms with Gasteiger partial charge in [0.2, 0.25) is 0 Å². The van der Waals surface area contributed by atoms with E-state index in [4.69, 9.17) is 31.0 Å². The predicted octanol–water partition coefficient (Wildman–Crippen LogP) is 9.19. The third kappa shape index (κ3) is 6.32. The standard InChI is InChI=1S/C47H44ClN5O3/c1-45(2,3)56-44(54)52-26-24-51(25-27-52)43-38-22-21-37(48)29-39(38)40(28-33-14-13-23-49-42(33)43)46(31-55-46)41-30-53(32-50-41)47(34-15-7-4-8-16-34,35-17-9-5-10-18-35)36-19-11-6-12-20-36/h4-23,28-30,32,43H,24-27,31H2,1-3H3/t43-,46?/m0/s1. The molecule has 9 rings (SSSR count). The van der Waals surface area contributed by atoms with E-state index in [2.05, 4.69) is 131 Å². The summed E-state index contributed by atoms with van der Waals surface area (Å²) >= 11 is 6.86. The van der Waals surface area contributed by atoms with E-state index in [-0.39, 0.29) is 12.1 Å². The zero-order chi connectivity index (χ0) is 38.5. The molecule has 1 aliphatic carbocycles. The van der Waals surface area contributed by atoms with Gasteiger partial charge in [-0.2, -0.15) is 0 Å². The van der Waals surface area contributed by atoms with Gasteiger partial charge in [0, 0.05) is 49.2 Å². The van der Waals surface area contributed by atoms with Gasteiger partial charge >= 0.3 is 6.09 Å². The predicted molar refractivity (Wildman–Crippen MR) is 219 cm³/mol. The SMILES string of the molecule is CC(C)(C)OC(=O)N1CCN([C@H]2c3ccc(Cl)cc3C(C3(c4cn(C(c5ccccc5)(c5ccccc5)c5ccccc5)cn4)CO3)=Cc3cccnc32)CC1. The number of halogens is 1. The molecular weight excluding hydrogens is 718 g/mol. The Kier molecular flexibility index (Phi) is 9.15. The van der Waals surface area contributed by atoms with Gasteiger partial charge in [-0.3, -0.25) is 9.88 Å². The number of aromatic nitrogens is 3. The van der Waals surface area contributed by atoms with Crippen molar-refractivity contribution >= 4 is 29.3 Å². The van der Waals surface area contributed by atoms with E-state index in [1.54, 1.807) is 4.90 Å². The second-order valence-electron chi connectivity index (χ2n) is 15.8. The number of benzene rings is 4. The molecule has 9 heteroatoms. The van der Waals surface area contributed by atoms with E-state index in [0.29, 0.717) is 37.8 Å². The van der Waals surface area contributed by atoms with Gasteiger partial charge in [-0.25, -0.2) is 9.78 Å². The van der Waals surface area contributed by atoms with Crippen LogP contribution in [0.3, 0.4) is 0 Å². The quantitative estimate of drug-likeness (QED) is 0.119. The minimum atomic E-state index is -0.822. The average molecular weight is 762 g/mol. The number of fused-ring (bicyclic) bond motifs is 2. The Morgan fingerprint density at radius 1 is 0.804 bits per heavy atom. The molecule has 8 nitrogen and oxygen atoms in total. The Morgan fingerprint density at radius 2 is 1.41 bits per heavy atom. The van der Waals surface area contributed by atoms with Gasteiger partial charge in [-0.05, 0) is 78.4 Å². The molecule has 2 fully saturated rings. The zero-order valence-electron chi connectivity index (χ0n) is 31.8. The molecule has 1 amide bonds. The van der Waals surface area contributed by atoms with E-state index in [0.717, 1.165) is 50.3 Å². The van der Waals surface area contributed by atoms with Crippen molar-refractivity contribution in [2.45, 2.75) is 43.6 Å². The monoisotopic (exact) mass is 761 g/mol. The first-order chi connectivity index (χ1) is 27.2. The number of carbonyl (C=O) groups is 1. The number of piperazine rings is 1. The van der Waals surface area contributed by atoms with Crippen molar-refractivity contribution in [1.29, 1.82) is 0 Å². The second kappa shape index (κ2) is 14.2. The van der Waals surface area contributed by atoms with Crippen LogP contribution in [0.15, 0.2) is 140 Å². The zero-order valence-corrected chi connectivity index (χ0v) is 32.6. The molecule has 4 aromatic carbocycles. The van der Waals surface area contributed by atoms with Crippen molar-refractivity contribution in [2.24, 2.45) is 0 Å². The van der Waals surface area contributed by atoms with Crippen LogP contribution in [-0.4, -0.2) is 68.8 Å². The van der Waals surface area contributed by atoms with Crippen LogP contribution < -0.4 is 0 Å². The number of imidazole rings is 1. The molecule has 282 valence electrons. The lowest BCUT2D eigenvalue weighted by Crippen LogP contribution is -2.51. The van der Waals surface area contributed by atoms with Gasteiger partial charge in [0.25, 0.3) is 0 Å². The van der Waals surface area contributed by atoms with Gasteiger partial charge in [0.1, 0.15) is 11.1 Å². The summed E-state index contributed by atoms with van der Waals surface area (Å²) in [6.07, 6.45) is 7.91. The average Bonchev–Trinajstić information content (AvgIpc) is 3.90. The number of amides is 1. The Balaban J connectivity index is 1.15. The highest BCUT2D eigenvalue weighted by Gasteiger charge is 2.54. The first-order valence-electron chi connectivity index (χ1n) is 19.2. The van der Waals surface area contributed by atoms with Crippen molar-refractivity contribution in [3.8, 4) is 0 Å². The van der Waals surface area contributed by atoms with Crippen molar-refractivity contribution in [1.82, 2.24) is 24.3 Å². The molecule has 0 bridgehead atoms. The topological polar surface area (TPSA) is 76.0 Å². The van der Waals surface area contributed by atoms with Crippen LogP contribution in [0.25, 0.3) is 11.6 Å². The number of hydrogen-bond acceptors (Lipinski definition) is 6. The van der Waals surface area contributed by atoms with Crippen LogP contribution in [0.4, 0.5) is 4.79 Å². The van der Waals surface area contributed by atoms with Crippen molar-refractivity contribution in [3.05, 3.63) is 190 Å². The third-order valence-electron chi connectivity index (χ3n) is 11.2. The molecule has 2 aromatic heterocycles. The first kappa shape index (κ1) is 36.1. The van der Waals surface area contributed by atoms with Crippen LogP contribution in [0.1, 0.15) is 71.6 Å². The molecule has 4 heterocycles. The molecule has 0 saturated carbocycles. The smallest absolute Gasteiger partial charge is 0.410 e. The van der Waals surface area contributed by atoms with Gasteiger partial charge < -0.3 is 18.9 Å². The normalized spacial score (nSPS) is 19.7. The molecule has 56 heavy (non-hydrogen) atoms. The summed E-state index contributed by atoms with van der Waals surface area (Å²) in [5.41, 5.74) is 7.13.